The molecule has 0 unspecified atom stereocenters. The van der Waals surface area contributed by atoms with Crippen molar-refractivity contribution in [3.63, 3.8) is 0 Å². The number of nitrogens with one attached hydrogen (secondary N) is 2. The summed E-state index contributed by atoms with van der Waals surface area (Å²) >= 11 is 0. The third-order valence-corrected chi connectivity index (χ3v) is 7.14. The number of likely N-dealkylation sites (tertiary alicyclic amines) is 1. The summed E-state index contributed by atoms with van der Waals surface area (Å²) < 4.78 is 52.8. The summed E-state index contributed by atoms with van der Waals surface area (Å²) in [7, 11) is 1.39. The number of aliphatic hydroxyl groups excluding tert-OH is 1. The highest BCUT2D eigenvalue weighted by Crippen LogP contribution is 2.39. The molecule has 1 saturated heterocycles. The molecule has 1 amide bonds. The number of carbonyl (C=O) groups excluding carboxylic acids is 2. The third kappa shape index (κ3) is 9.27. The number of alkyl halides is 3. The largest absolute Gasteiger partial charge is 0.495 e. The van der Waals surface area contributed by atoms with Crippen LogP contribution >= 0.6 is 0 Å². The van der Waals surface area contributed by atoms with Gasteiger partial charge in [0.2, 0.25) is 11.8 Å². The monoisotopic (exact) mass is 643 g/mol. The molecule has 3 aromatic rings. The number of carbonyl (C=O) groups is 2. The van der Waals surface area contributed by atoms with Crippen LogP contribution in [0, 0.1) is 0 Å². The minimum absolute atomic E-state index is 0.0128. The van der Waals surface area contributed by atoms with Crippen LogP contribution in [0.4, 0.5) is 24.8 Å². The van der Waals surface area contributed by atoms with Gasteiger partial charge in [-0.25, -0.2) is 4.98 Å². The standard InChI is InChI=1S/C31H34F3N5O5.C2H6/c1-4-6-20-7-5-8-25(27(20)19(2)41)44-29-23(31(32,33)34)18-35-30(38-29)37-24-10-9-21(17-26(24)43-3)28(42)36-22-11-13-39(14-12-22)15-16-40;1-2/h4-5,7-10,17-18,22,40H,1,6,11-16H2,2-3H3,(H,36,42)(H,35,37,38);1-2H3. The number of β-amino-alcohol motifs (C(OH)–C–C–N with tert-alkyl or cyclic N) is 1. The number of benzene rings is 2. The van der Waals surface area contributed by atoms with Crippen LogP contribution in [-0.2, 0) is 12.6 Å². The van der Waals surface area contributed by atoms with Gasteiger partial charge in [-0.3, -0.25) is 9.59 Å². The van der Waals surface area contributed by atoms with Gasteiger partial charge < -0.3 is 30.1 Å². The molecule has 10 nitrogen and oxygen atoms in total. The molecule has 0 spiro atoms. The highest BCUT2D eigenvalue weighted by Gasteiger charge is 2.37. The summed E-state index contributed by atoms with van der Waals surface area (Å²) in [5.41, 5.74) is 0.0721. The maximum Gasteiger partial charge on any atom is 0.423 e. The summed E-state index contributed by atoms with van der Waals surface area (Å²) in [4.78, 5) is 35.3. The first kappa shape index (κ1) is 36.0. The molecule has 0 saturated carbocycles. The number of Topliss-reactive ketones (excluding diaryl/α,β-unsaturated/α-hetero) is 1. The molecule has 3 N–H and O–H groups in total. The molecule has 0 atom stereocenters. The second kappa shape index (κ2) is 16.7. The highest BCUT2D eigenvalue weighted by molar-refractivity contribution is 5.98. The summed E-state index contributed by atoms with van der Waals surface area (Å²) in [5, 5.41) is 15.0. The zero-order valence-electron chi connectivity index (χ0n) is 26.4. The SMILES string of the molecule is C=CCc1cccc(Oc2nc(Nc3ccc(C(=O)NC4CCN(CCO)CC4)cc3OC)ncc2C(F)(F)F)c1C(C)=O.CC. The van der Waals surface area contributed by atoms with Crippen LogP contribution in [0.2, 0.25) is 0 Å². The summed E-state index contributed by atoms with van der Waals surface area (Å²) in [6.45, 7) is 11.2. The Bertz CT molecular complexity index is 1510. The molecule has 2 heterocycles. The lowest BCUT2D eigenvalue weighted by Gasteiger charge is -2.31. The first-order chi connectivity index (χ1) is 22.0. The van der Waals surface area contributed by atoms with Crippen LogP contribution in [0.5, 0.6) is 17.4 Å². The number of ketones is 1. The lowest BCUT2D eigenvalue weighted by molar-refractivity contribution is -0.139. The first-order valence-electron chi connectivity index (χ1n) is 15.0. The Hall–Kier alpha value is -4.49. The van der Waals surface area contributed by atoms with Gasteiger partial charge in [0.25, 0.3) is 5.91 Å². The van der Waals surface area contributed by atoms with E-state index >= 15 is 0 Å². The fraction of sp³-hybridized carbons (Fsp3) is 0.394. The van der Waals surface area contributed by atoms with Crippen molar-refractivity contribution in [3.8, 4) is 17.4 Å². The van der Waals surface area contributed by atoms with Gasteiger partial charge in [0.15, 0.2) is 5.78 Å². The topological polar surface area (TPSA) is 126 Å². The fourth-order valence-electron chi connectivity index (χ4n) is 4.96. The van der Waals surface area contributed by atoms with Gasteiger partial charge in [0, 0.05) is 37.4 Å². The van der Waals surface area contributed by atoms with E-state index in [4.69, 9.17) is 14.6 Å². The van der Waals surface area contributed by atoms with Crippen molar-refractivity contribution in [2.45, 2.75) is 52.3 Å². The summed E-state index contributed by atoms with van der Waals surface area (Å²) in [6, 6.07) is 9.20. The van der Waals surface area contributed by atoms with Gasteiger partial charge in [-0.1, -0.05) is 32.1 Å². The number of allylic oxidation sites excluding steroid dienone is 1. The first-order valence-corrected chi connectivity index (χ1v) is 15.0. The Morgan fingerprint density at radius 3 is 2.48 bits per heavy atom. The minimum Gasteiger partial charge on any atom is -0.495 e. The van der Waals surface area contributed by atoms with Gasteiger partial charge in [-0.15, -0.1) is 6.58 Å². The molecule has 0 radical (unpaired) electrons. The minimum atomic E-state index is -4.84. The Morgan fingerprint density at radius 1 is 1.15 bits per heavy atom. The molecule has 1 fully saturated rings. The van der Waals surface area contributed by atoms with Gasteiger partial charge in [-0.2, -0.15) is 18.2 Å². The number of anilines is 2. The van der Waals surface area contributed by atoms with E-state index in [1.54, 1.807) is 24.3 Å². The predicted molar refractivity (Wildman–Crippen MR) is 169 cm³/mol. The molecular weight excluding hydrogens is 603 g/mol. The average molecular weight is 644 g/mol. The van der Waals surface area contributed by atoms with Gasteiger partial charge >= 0.3 is 6.18 Å². The number of piperidine rings is 1. The summed E-state index contributed by atoms with van der Waals surface area (Å²) in [6.07, 6.45) is -0.857. The van der Waals surface area contributed by atoms with Crippen molar-refractivity contribution >= 4 is 23.3 Å². The van der Waals surface area contributed by atoms with E-state index < -0.39 is 17.6 Å². The van der Waals surface area contributed by atoms with Crippen LogP contribution in [0.15, 0.2) is 55.3 Å². The molecule has 0 bridgehead atoms. The number of aromatic nitrogens is 2. The number of halogens is 3. The van der Waals surface area contributed by atoms with E-state index in [9.17, 15) is 22.8 Å². The van der Waals surface area contributed by atoms with Crippen molar-refractivity contribution < 1.29 is 37.3 Å². The molecule has 1 aliphatic rings. The number of nitrogens with zero attached hydrogens (tertiary/aromatic N) is 3. The zero-order valence-corrected chi connectivity index (χ0v) is 26.4. The van der Waals surface area contributed by atoms with Crippen LogP contribution in [0.3, 0.4) is 0 Å². The Balaban J connectivity index is 0.00000282. The maximum absolute atomic E-state index is 13.9. The number of rotatable bonds is 12. The van der Waals surface area contributed by atoms with E-state index in [-0.39, 0.29) is 47.3 Å². The molecule has 0 aliphatic carbocycles. The predicted octanol–water partition coefficient (Wildman–Crippen LogP) is 6.18. The second-order valence-corrected chi connectivity index (χ2v) is 10.2. The third-order valence-electron chi connectivity index (χ3n) is 7.14. The molecule has 46 heavy (non-hydrogen) atoms. The van der Waals surface area contributed by atoms with Crippen LogP contribution < -0.4 is 20.1 Å². The van der Waals surface area contributed by atoms with Crippen molar-refractivity contribution in [1.29, 1.82) is 0 Å². The number of methoxy groups -OCH3 is 1. The lowest BCUT2D eigenvalue weighted by Crippen LogP contribution is -2.45. The smallest absolute Gasteiger partial charge is 0.423 e. The molecule has 248 valence electrons. The van der Waals surface area contributed by atoms with Crippen molar-refractivity contribution in [2.24, 2.45) is 0 Å². The number of aliphatic hydroxyl groups is 1. The fourth-order valence-corrected chi connectivity index (χ4v) is 4.96. The number of hydrogen-bond donors (Lipinski definition) is 3. The van der Waals surface area contributed by atoms with Crippen molar-refractivity contribution in [1.82, 2.24) is 20.2 Å². The van der Waals surface area contributed by atoms with Crippen LogP contribution in [-0.4, -0.2) is 71.1 Å². The normalized spacial score (nSPS) is 13.7. The number of amides is 1. The Kier molecular flexibility index (Phi) is 13.1. The van der Waals surface area contributed by atoms with Crippen molar-refractivity contribution in [3.05, 3.63) is 77.5 Å². The van der Waals surface area contributed by atoms with E-state index in [0.29, 0.717) is 36.0 Å². The van der Waals surface area contributed by atoms with E-state index in [2.05, 4.69) is 32.1 Å². The Labute approximate surface area is 266 Å². The Morgan fingerprint density at radius 2 is 1.87 bits per heavy atom. The number of hydrogen-bond acceptors (Lipinski definition) is 9. The van der Waals surface area contributed by atoms with Gasteiger partial charge in [-0.05, 0) is 56.0 Å². The van der Waals surface area contributed by atoms with Crippen LogP contribution in [0.25, 0.3) is 0 Å². The number of ether oxygens (including phenoxy) is 2. The molecular formula is C33H40F3N5O5. The summed E-state index contributed by atoms with van der Waals surface area (Å²) in [5.74, 6) is -1.56. The second-order valence-electron chi connectivity index (χ2n) is 10.2. The average Bonchev–Trinajstić information content (AvgIpc) is 3.03. The molecule has 2 aromatic carbocycles. The lowest BCUT2D eigenvalue weighted by atomic mass is 10.0. The van der Waals surface area contributed by atoms with E-state index in [1.165, 1.54) is 32.2 Å². The zero-order chi connectivity index (χ0) is 33.9. The molecule has 1 aromatic heterocycles. The highest BCUT2D eigenvalue weighted by atomic mass is 19.4. The quantitative estimate of drug-likeness (QED) is 0.157. The maximum atomic E-state index is 13.9. The van der Waals surface area contributed by atoms with Gasteiger partial charge in [0.1, 0.15) is 17.1 Å². The van der Waals surface area contributed by atoms with Crippen LogP contribution in [0.1, 0.15) is 65.5 Å². The van der Waals surface area contributed by atoms with E-state index in [1.807, 2.05) is 13.8 Å². The van der Waals surface area contributed by atoms with E-state index in [0.717, 1.165) is 25.9 Å². The molecule has 13 heteroatoms. The molecule has 1 aliphatic heterocycles. The molecule has 4 rings (SSSR count). The van der Waals surface area contributed by atoms with Gasteiger partial charge in [0.05, 0.1) is 25.0 Å². The van der Waals surface area contributed by atoms with Crippen molar-refractivity contribution in [2.75, 3.05) is 38.7 Å².